The van der Waals surface area contributed by atoms with Gasteiger partial charge in [-0.25, -0.2) is 0 Å². The average molecular weight is 178 g/mol. The van der Waals surface area contributed by atoms with Gasteiger partial charge in [-0.1, -0.05) is 6.42 Å². The number of carbonyl (C=O) groups is 1. The summed E-state index contributed by atoms with van der Waals surface area (Å²) in [6.07, 6.45) is 2.16. The van der Waals surface area contributed by atoms with Gasteiger partial charge in [0.25, 0.3) is 0 Å². The van der Waals surface area contributed by atoms with Crippen LogP contribution >= 0.6 is 0 Å². The molecule has 5 nitrogen and oxygen atoms in total. The summed E-state index contributed by atoms with van der Waals surface area (Å²) in [6.45, 7) is 0.604. The van der Waals surface area contributed by atoms with E-state index < -0.39 is 12.0 Å². The van der Waals surface area contributed by atoms with Gasteiger partial charge in [0.15, 0.2) is 0 Å². The zero-order valence-corrected chi connectivity index (χ0v) is 7.36. The predicted molar refractivity (Wildman–Crippen MR) is 46.7 cm³/mol. The molecule has 74 valence electrons. The third-order valence-corrected chi connectivity index (χ3v) is 1.29. The Kier molecular flexibility index (Phi) is 12.0. The highest BCUT2D eigenvalue weighted by atomic mass is 16.4. The lowest BCUT2D eigenvalue weighted by molar-refractivity contribution is -0.138. The van der Waals surface area contributed by atoms with Gasteiger partial charge in [0.05, 0.1) is 0 Å². The first-order chi connectivity index (χ1) is 5.68. The molecule has 0 aromatic heterocycles. The highest BCUT2D eigenvalue weighted by Gasteiger charge is 2.09. The molecule has 0 fully saturated rings. The first kappa shape index (κ1) is 13.9. The molecule has 1 atom stereocenters. The van der Waals surface area contributed by atoms with Crippen molar-refractivity contribution in [2.45, 2.75) is 25.3 Å². The zero-order chi connectivity index (χ0) is 9.98. The van der Waals surface area contributed by atoms with Crippen molar-refractivity contribution in [3.8, 4) is 0 Å². The van der Waals surface area contributed by atoms with Crippen LogP contribution in [0.15, 0.2) is 0 Å². The van der Waals surface area contributed by atoms with Crippen LogP contribution in [0.5, 0.6) is 0 Å². The van der Waals surface area contributed by atoms with Crippen molar-refractivity contribution in [3.63, 3.8) is 0 Å². The van der Waals surface area contributed by atoms with E-state index in [2.05, 4.69) is 0 Å². The number of rotatable bonds is 5. The molecule has 0 radical (unpaired) electrons. The van der Waals surface area contributed by atoms with E-state index in [1.807, 2.05) is 0 Å². The lowest BCUT2D eigenvalue weighted by Gasteiger charge is -2.03. The maximum atomic E-state index is 10.1. The van der Waals surface area contributed by atoms with Gasteiger partial charge in [-0.3, -0.25) is 4.79 Å². The summed E-state index contributed by atoms with van der Waals surface area (Å²) < 4.78 is 0. The minimum atomic E-state index is -0.933. The molecule has 0 aromatic rings. The molecule has 0 amide bonds. The number of hydrogen-bond acceptors (Lipinski definition) is 4. The van der Waals surface area contributed by atoms with E-state index in [0.29, 0.717) is 13.0 Å². The first-order valence-corrected chi connectivity index (χ1v) is 3.81. The second-order valence-corrected chi connectivity index (χ2v) is 2.23. The molecular formula is C7H18N2O3. The van der Waals surface area contributed by atoms with Crippen molar-refractivity contribution in [2.24, 2.45) is 11.5 Å². The van der Waals surface area contributed by atoms with E-state index >= 15 is 0 Å². The van der Waals surface area contributed by atoms with E-state index in [1.54, 1.807) is 0 Å². The molecule has 0 aliphatic carbocycles. The Bertz CT molecular complexity index is 109. The van der Waals surface area contributed by atoms with Gasteiger partial charge in [0.2, 0.25) is 0 Å². The van der Waals surface area contributed by atoms with Crippen LogP contribution in [0, 0.1) is 0 Å². The summed E-state index contributed by atoms with van der Waals surface area (Å²) in [4.78, 5) is 10.1. The van der Waals surface area contributed by atoms with Crippen molar-refractivity contribution >= 4 is 5.97 Å². The third-order valence-electron chi connectivity index (χ3n) is 1.29. The van der Waals surface area contributed by atoms with Crippen LogP contribution in [-0.4, -0.2) is 35.9 Å². The van der Waals surface area contributed by atoms with E-state index in [1.165, 1.54) is 0 Å². The molecule has 0 bridgehead atoms. The Morgan fingerprint density at radius 1 is 1.42 bits per heavy atom. The molecule has 12 heavy (non-hydrogen) atoms. The monoisotopic (exact) mass is 178 g/mol. The summed E-state index contributed by atoms with van der Waals surface area (Å²) in [5.41, 5.74) is 10.4. The standard InChI is InChI=1S/C6H14N2O2.CH4O/c7-4-2-1-3-5(8)6(9)10;1-2/h5H,1-4,7-8H2,(H,9,10);2H,1H3. The van der Waals surface area contributed by atoms with Crippen LogP contribution in [-0.2, 0) is 4.79 Å². The number of nitrogens with two attached hydrogens (primary N) is 2. The molecule has 6 N–H and O–H groups in total. The maximum absolute atomic E-state index is 10.1. The molecule has 0 spiro atoms. The number of hydrogen-bond donors (Lipinski definition) is 4. The maximum Gasteiger partial charge on any atom is 0.320 e. The third kappa shape index (κ3) is 9.35. The Morgan fingerprint density at radius 2 is 1.92 bits per heavy atom. The van der Waals surface area contributed by atoms with Crippen molar-refractivity contribution in [3.05, 3.63) is 0 Å². The van der Waals surface area contributed by atoms with Crippen LogP contribution in [0.4, 0.5) is 0 Å². The topological polar surface area (TPSA) is 110 Å². The molecule has 5 heteroatoms. The molecule has 0 rings (SSSR count). The molecule has 0 saturated carbocycles. The minimum absolute atomic E-state index is 0.520. The summed E-state index contributed by atoms with van der Waals surface area (Å²) >= 11 is 0. The van der Waals surface area contributed by atoms with Gasteiger partial charge in [-0.15, -0.1) is 0 Å². The van der Waals surface area contributed by atoms with Crippen molar-refractivity contribution in [2.75, 3.05) is 13.7 Å². The van der Waals surface area contributed by atoms with Crippen LogP contribution in [0.1, 0.15) is 19.3 Å². The number of aliphatic carboxylic acids is 1. The van der Waals surface area contributed by atoms with Gasteiger partial charge < -0.3 is 21.7 Å². The quantitative estimate of drug-likeness (QED) is 0.409. The zero-order valence-electron chi connectivity index (χ0n) is 7.36. The highest BCUT2D eigenvalue weighted by molar-refractivity contribution is 5.72. The fraction of sp³-hybridized carbons (Fsp3) is 0.857. The first-order valence-electron chi connectivity index (χ1n) is 3.81. The molecule has 0 saturated heterocycles. The summed E-state index contributed by atoms with van der Waals surface area (Å²) in [5, 5.41) is 15.3. The summed E-state index contributed by atoms with van der Waals surface area (Å²) in [7, 11) is 1.00. The molecular weight excluding hydrogens is 160 g/mol. The number of unbranched alkanes of at least 4 members (excludes halogenated alkanes) is 1. The Balaban J connectivity index is 0. The van der Waals surface area contributed by atoms with Crippen LogP contribution in [0.25, 0.3) is 0 Å². The summed E-state index contributed by atoms with van der Waals surface area (Å²) in [5.74, 6) is -0.933. The molecule has 0 heterocycles. The van der Waals surface area contributed by atoms with Gasteiger partial charge >= 0.3 is 5.97 Å². The highest BCUT2D eigenvalue weighted by Crippen LogP contribution is 1.96. The molecule has 0 aliphatic rings. The average Bonchev–Trinajstić information content (AvgIpc) is 2.08. The van der Waals surface area contributed by atoms with Crippen molar-refractivity contribution < 1.29 is 15.0 Å². The molecule has 1 unspecified atom stereocenters. The Hall–Kier alpha value is -0.650. The van der Waals surface area contributed by atoms with Gasteiger partial charge in [0, 0.05) is 7.11 Å². The van der Waals surface area contributed by atoms with Crippen LogP contribution in [0.2, 0.25) is 0 Å². The number of carboxylic acid groups (broad SMARTS) is 1. The predicted octanol–water partition coefficient (Wildman–Crippen LogP) is -0.864. The van der Waals surface area contributed by atoms with E-state index in [9.17, 15) is 4.79 Å². The van der Waals surface area contributed by atoms with Crippen molar-refractivity contribution in [1.82, 2.24) is 0 Å². The fourth-order valence-electron chi connectivity index (χ4n) is 0.632. The van der Waals surface area contributed by atoms with Gasteiger partial charge in [0.1, 0.15) is 6.04 Å². The largest absolute Gasteiger partial charge is 0.480 e. The van der Waals surface area contributed by atoms with E-state index in [-0.39, 0.29) is 0 Å². The smallest absolute Gasteiger partial charge is 0.320 e. The second kappa shape index (κ2) is 10.3. The van der Waals surface area contributed by atoms with Gasteiger partial charge in [-0.2, -0.15) is 0 Å². The van der Waals surface area contributed by atoms with Crippen LogP contribution in [0.3, 0.4) is 0 Å². The van der Waals surface area contributed by atoms with Crippen molar-refractivity contribution in [1.29, 1.82) is 0 Å². The molecule has 0 aromatic carbocycles. The summed E-state index contributed by atoms with van der Waals surface area (Å²) in [6, 6.07) is -0.716. The molecule has 0 aliphatic heterocycles. The number of carboxylic acids is 1. The minimum Gasteiger partial charge on any atom is -0.480 e. The lowest BCUT2D eigenvalue weighted by atomic mass is 10.1. The SMILES string of the molecule is CO.NCCCCC(N)C(=O)O. The lowest BCUT2D eigenvalue weighted by Crippen LogP contribution is -2.29. The number of aliphatic hydroxyl groups is 1. The van der Waals surface area contributed by atoms with E-state index in [4.69, 9.17) is 21.7 Å². The van der Waals surface area contributed by atoms with Crippen LogP contribution < -0.4 is 11.5 Å². The number of aliphatic hydroxyl groups excluding tert-OH is 1. The fourth-order valence-corrected chi connectivity index (χ4v) is 0.632. The normalized spacial score (nSPS) is 11.3. The Labute approximate surface area is 72.4 Å². The Morgan fingerprint density at radius 3 is 2.25 bits per heavy atom. The van der Waals surface area contributed by atoms with Gasteiger partial charge in [-0.05, 0) is 19.4 Å². The van der Waals surface area contributed by atoms with E-state index in [0.717, 1.165) is 20.0 Å². The second-order valence-electron chi connectivity index (χ2n) is 2.23.